The molecular formula is C13H19N3O3. The Morgan fingerprint density at radius 1 is 1.53 bits per heavy atom. The number of likely N-dealkylation sites (tertiary alicyclic amines) is 1. The van der Waals surface area contributed by atoms with E-state index in [1.165, 1.54) is 4.90 Å². The molecule has 0 aliphatic carbocycles. The van der Waals surface area contributed by atoms with Crippen molar-refractivity contribution in [1.82, 2.24) is 14.7 Å². The highest BCUT2D eigenvalue weighted by atomic mass is 16.4. The first-order chi connectivity index (χ1) is 8.90. The Labute approximate surface area is 112 Å². The molecule has 6 heteroatoms. The quantitative estimate of drug-likeness (QED) is 0.893. The molecule has 19 heavy (non-hydrogen) atoms. The number of hydrogen-bond donors (Lipinski definition) is 1. The fourth-order valence-electron chi connectivity index (χ4n) is 2.61. The molecule has 6 nitrogen and oxygen atoms in total. The summed E-state index contributed by atoms with van der Waals surface area (Å²) in [6, 6.07) is 1.71. The molecule has 0 saturated carbocycles. The number of rotatable bonds is 3. The Morgan fingerprint density at radius 2 is 2.21 bits per heavy atom. The Bertz CT molecular complexity index is 523. The highest BCUT2D eigenvalue weighted by Crippen LogP contribution is 2.30. The molecule has 1 unspecified atom stereocenters. The summed E-state index contributed by atoms with van der Waals surface area (Å²) in [7, 11) is 0. The van der Waals surface area contributed by atoms with E-state index in [2.05, 4.69) is 5.10 Å². The predicted molar refractivity (Wildman–Crippen MR) is 68.9 cm³/mol. The Kier molecular flexibility index (Phi) is 3.34. The summed E-state index contributed by atoms with van der Waals surface area (Å²) in [5, 5.41) is 13.6. The molecule has 1 amide bonds. The van der Waals surface area contributed by atoms with Crippen LogP contribution in [0.4, 0.5) is 0 Å². The Morgan fingerprint density at radius 3 is 2.79 bits per heavy atom. The van der Waals surface area contributed by atoms with Gasteiger partial charge < -0.3 is 10.0 Å². The van der Waals surface area contributed by atoms with E-state index in [1.54, 1.807) is 17.7 Å². The lowest BCUT2D eigenvalue weighted by atomic mass is 9.99. The molecule has 1 aliphatic heterocycles. The minimum Gasteiger partial charge on any atom is -0.480 e. The summed E-state index contributed by atoms with van der Waals surface area (Å²) >= 11 is 0. The number of nitrogens with zero attached hydrogens (tertiary/aromatic N) is 3. The second-order valence-corrected chi connectivity index (χ2v) is 5.13. The molecule has 1 saturated heterocycles. The van der Waals surface area contributed by atoms with Gasteiger partial charge in [0.15, 0.2) is 0 Å². The average Bonchev–Trinajstić information content (AvgIpc) is 2.92. The van der Waals surface area contributed by atoms with Gasteiger partial charge in [0.2, 0.25) is 0 Å². The molecule has 2 rings (SSSR count). The Hall–Kier alpha value is -1.85. The molecule has 1 atom stereocenters. The number of carboxylic acids is 1. The van der Waals surface area contributed by atoms with E-state index in [-0.39, 0.29) is 5.91 Å². The molecule has 1 fully saturated rings. The standard InChI is InChI=1S/C13H19N3O3/c1-4-16-10(8-9(2)14-16)11(17)15-7-5-6-13(15,3)12(18)19/h8H,4-7H2,1-3H3,(H,18,19). The van der Waals surface area contributed by atoms with Gasteiger partial charge in [-0.25, -0.2) is 4.79 Å². The van der Waals surface area contributed by atoms with Gasteiger partial charge in [-0.1, -0.05) is 0 Å². The van der Waals surface area contributed by atoms with Crippen LogP contribution in [0.2, 0.25) is 0 Å². The van der Waals surface area contributed by atoms with Gasteiger partial charge in [-0.3, -0.25) is 9.48 Å². The van der Waals surface area contributed by atoms with Gasteiger partial charge in [0.1, 0.15) is 11.2 Å². The van der Waals surface area contributed by atoms with Crippen LogP contribution in [0.3, 0.4) is 0 Å². The number of carboxylic acid groups (broad SMARTS) is 1. The van der Waals surface area contributed by atoms with Crippen LogP contribution in [0.1, 0.15) is 42.9 Å². The molecule has 1 aromatic rings. The molecule has 0 radical (unpaired) electrons. The van der Waals surface area contributed by atoms with Crippen molar-refractivity contribution in [2.45, 2.75) is 45.7 Å². The van der Waals surface area contributed by atoms with Gasteiger partial charge in [0.05, 0.1) is 5.69 Å². The van der Waals surface area contributed by atoms with E-state index in [4.69, 9.17) is 0 Å². The molecule has 0 spiro atoms. The third-order valence-electron chi connectivity index (χ3n) is 3.77. The number of carbonyl (C=O) groups excluding carboxylic acids is 1. The van der Waals surface area contributed by atoms with E-state index >= 15 is 0 Å². The van der Waals surface area contributed by atoms with Crippen LogP contribution >= 0.6 is 0 Å². The smallest absolute Gasteiger partial charge is 0.329 e. The first-order valence-corrected chi connectivity index (χ1v) is 6.50. The summed E-state index contributed by atoms with van der Waals surface area (Å²) in [6.45, 7) is 6.41. The van der Waals surface area contributed by atoms with Gasteiger partial charge >= 0.3 is 5.97 Å². The lowest BCUT2D eigenvalue weighted by Crippen LogP contribution is -2.51. The molecule has 0 aromatic carbocycles. The van der Waals surface area contributed by atoms with E-state index in [0.29, 0.717) is 31.6 Å². The first kappa shape index (κ1) is 13.6. The van der Waals surface area contributed by atoms with Crippen molar-refractivity contribution in [3.05, 3.63) is 17.5 Å². The molecule has 104 valence electrons. The second kappa shape index (κ2) is 4.68. The number of amides is 1. The zero-order valence-electron chi connectivity index (χ0n) is 11.5. The summed E-state index contributed by atoms with van der Waals surface area (Å²) in [5.74, 6) is -1.19. The summed E-state index contributed by atoms with van der Waals surface area (Å²) < 4.78 is 1.62. The van der Waals surface area contributed by atoms with Crippen molar-refractivity contribution in [2.24, 2.45) is 0 Å². The third-order valence-corrected chi connectivity index (χ3v) is 3.77. The van der Waals surface area contributed by atoms with Crippen LogP contribution in [0.5, 0.6) is 0 Å². The fraction of sp³-hybridized carbons (Fsp3) is 0.615. The van der Waals surface area contributed by atoms with Gasteiger partial charge in [-0.05, 0) is 39.7 Å². The first-order valence-electron chi connectivity index (χ1n) is 6.50. The topological polar surface area (TPSA) is 75.4 Å². The van der Waals surface area contributed by atoms with E-state index in [9.17, 15) is 14.7 Å². The van der Waals surface area contributed by atoms with Gasteiger partial charge in [0, 0.05) is 13.1 Å². The number of hydrogen-bond acceptors (Lipinski definition) is 3. The molecule has 1 aliphatic rings. The van der Waals surface area contributed by atoms with Crippen LogP contribution in [0, 0.1) is 6.92 Å². The maximum atomic E-state index is 12.6. The zero-order chi connectivity index (χ0) is 14.2. The van der Waals surface area contributed by atoms with E-state index in [1.807, 2.05) is 13.8 Å². The fourth-order valence-corrected chi connectivity index (χ4v) is 2.61. The lowest BCUT2D eigenvalue weighted by Gasteiger charge is -2.31. The van der Waals surface area contributed by atoms with Crippen LogP contribution in [-0.4, -0.2) is 43.7 Å². The minimum absolute atomic E-state index is 0.246. The zero-order valence-corrected chi connectivity index (χ0v) is 11.5. The monoisotopic (exact) mass is 265 g/mol. The van der Waals surface area contributed by atoms with Crippen molar-refractivity contribution in [1.29, 1.82) is 0 Å². The van der Waals surface area contributed by atoms with Crippen LogP contribution in [-0.2, 0) is 11.3 Å². The molecule has 1 N–H and O–H groups in total. The maximum absolute atomic E-state index is 12.6. The van der Waals surface area contributed by atoms with E-state index < -0.39 is 11.5 Å². The molecule has 1 aromatic heterocycles. The van der Waals surface area contributed by atoms with Crippen LogP contribution < -0.4 is 0 Å². The maximum Gasteiger partial charge on any atom is 0.329 e. The normalized spacial score (nSPS) is 22.8. The summed E-state index contributed by atoms with van der Waals surface area (Å²) in [5.41, 5.74) is 0.129. The summed E-state index contributed by atoms with van der Waals surface area (Å²) in [6.07, 6.45) is 1.21. The second-order valence-electron chi connectivity index (χ2n) is 5.13. The largest absolute Gasteiger partial charge is 0.480 e. The van der Waals surface area contributed by atoms with Crippen molar-refractivity contribution in [3.8, 4) is 0 Å². The minimum atomic E-state index is -1.10. The van der Waals surface area contributed by atoms with Crippen molar-refractivity contribution in [3.63, 3.8) is 0 Å². The highest BCUT2D eigenvalue weighted by molar-refractivity contribution is 5.97. The predicted octanol–water partition coefficient (Wildman–Crippen LogP) is 1.29. The highest BCUT2D eigenvalue weighted by Gasteiger charge is 2.46. The van der Waals surface area contributed by atoms with E-state index in [0.717, 1.165) is 5.69 Å². The van der Waals surface area contributed by atoms with Gasteiger partial charge in [0.25, 0.3) is 5.91 Å². The number of aryl methyl sites for hydroxylation is 2. The van der Waals surface area contributed by atoms with Gasteiger partial charge in [-0.15, -0.1) is 0 Å². The van der Waals surface area contributed by atoms with Crippen molar-refractivity contribution < 1.29 is 14.7 Å². The summed E-state index contributed by atoms with van der Waals surface area (Å²) in [4.78, 5) is 25.4. The average molecular weight is 265 g/mol. The Balaban J connectivity index is 2.36. The number of carbonyl (C=O) groups is 2. The number of aromatic nitrogens is 2. The molecule has 0 bridgehead atoms. The van der Waals surface area contributed by atoms with Crippen molar-refractivity contribution in [2.75, 3.05) is 6.54 Å². The van der Waals surface area contributed by atoms with Crippen LogP contribution in [0.25, 0.3) is 0 Å². The lowest BCUT2D eigenvalue weighted by molar-refractivity contribution is -0.147. The van der Waals surface area contributed by atoms with Crippen LogP contribution in [0.15, 0.2) is 6.07 Å². The van der Waals surface area contributed by atoms with Gasteiger partial charge in [-0.2, -0.15) is 5.10 Å². The molecule has 2 heterocycles. The molecular weight excluding hydrogens is 246 g/mol. The number of aliphatic carboxylic acids is 1. The SMILES string of the molecule is CCn1nc(C)cc1C(=O)N1CCCC1(C)C(=O)O. The third kappa shape index (κ3) is 2.11. The van der Waals surface area contributed by atoms with Crippen molar-refractivity contribution >= 4 is 11.9 Å².